The summed E-state index contributed by atoms with van der Waals surface area (Å²) in [5.74, 6) is 0. The third kappa shape index (κ3) is 4.75. The van der Waals surface area contributed by atoms with Crippen molar-refractivity contribution >= 4 is 43.9 Å². The van der Waals surface area contributed by atoms with Gasteiger partial charge in [-0.15, -0.1) is 10.2 Å². The lowest BCUT2D eigenvalue weighted by Gasteiger charge is -2.15. The fourth-order valence-corrected chi connectivity index (χ4v) is 6.73. The molecule has 1 N–H and O–H groups in total. The molecule has 3 heterocycles. The number of aromatic nitrogens is 2. The fourth-order valence-electron chi connectivity index (χ4n) is 3.39. The Morgan fingerprint density at radius 1 is 1.30 bits per heavy atom. The fraction of sp³-hybridized carbons (Fsp3) is 0.529. The number of nitrogens with zero attached hydrogens (tertiary/aromatic N) is 4. The SMILES string of the molecule is O=[N+]([O-])c1cc(S(=O)(=O)N2CCCC2)ccc1Sc1nnc(NCC2CCCO2)s1. The normalized spacial score (nSPS) is 19.9. The van der Waals surface area contributed by atoms with Crippen LogP contribution in [0.15, 0.2) is 32.3 Å². The van der Waals surface area contributed by atoms with Gasteiger partial charge in [0.25, 0.3) is 5.69 Å². The lowest BCUT2D eigenvalue weighted by Crippen LogP contribution is -2.27. The maximum atomic E-state index is 12.7. The van der Waals surface area contributed by atoms with Crippen molar-refractivity contribution < 1.29 is 18.1 Å². The number of hydrogen-bond acceptors (Lipinski definition) is 10. The van der Waals surface area contributed by atoms with Crippen molar-refractivity contribution in [3.63, 3.8) is 0 Å². The first kappa shape index (κ1) is 21.4. The third-order valence-electron chi connectivity index (χ3n) is 4.94. The van der Waals surface area contributed by atoms with E-state index in [0.29, 0.717) is 34.0 Å². The Balaban J connectivity index is 1.49. The number of nitro groups is 1. The molecule has 0 spiro atoms. The highest BCUT2D eigenvalue weighted by molar-refractivity contribution is 8.01. The van der Waals surface area contributed by atoms with Gasteiger partial charge in [-0.1, -0.05) is 11.3 Å². The van der Waals surface area contributed by atoms with Gasteiger partial charge >= 0.3 is 0 Å². The molecule has 0 bridgehead atoms. The summed E-state index contributed by atoms with van der Waals surface area (Å²) in [5, 5.41) is 23.5. The second-order valence-corrected chi connectivity index (χ2v) is 11.2. The molecule has 1 atom stereocenters. The van der Waals surface area contributed by atoms with Crippen molar-refractivity contribution in [1.82, 2.24) is 14.5 Å². The molecule has 0 radical (unpaired) electrons. The van der Waals surface area contributed by atoms with Gasteiger partial charge in [-0.2, -0.15) is 4.31 Å². The average Bonchev–Trinajstić information content (AvgIpc) is 3.48. The standard InChI is InChI=1S/C17H21N5O5S3/c23-22(24)14-10-13(30(25,26)21-7-1-2-8-21)5-6-15(14)28-17-20-19-16(29-17)18-11-12-4-3-9-27-12/h5-6,10,12H,1-4,7-9,11H2,(H,18,19). The van der Waals surface area contributed by atoms with E-state index in [0.717, 1.165) is 50.1 Å². The Labute approximate surface area is 182 Å². The maximum absolute atomic E-state index is 12.7. The minimum absolute atomic E-state index is 0.0587. The topological polar surface area (TPSA) is 128 Å². The highest BCUT2D eigenvalue weighted by Gasteiger charge is 2.30. The summed E-state index contributed by atoms with van der Waals surface area (Å²) < 4.78 is 32.9. The maximum Gasteiger partial charge on any atom is 0.284 e. The third-order valence-corrected chi connectivity index (χ3v) is 8.83. The largest absolute Gasteiger partial charge is 0.376 e. The Morgan fingerprint density at radius 3 is 2.80 bits per heavy atom. The van der Waals surface area contributed by atoms with Crippen molar-refractivity contribution in [2.45, 2.75) is 45.9 Å². The first-order chi connectivity index (χ1) is 14.4. The van der Waals surface area contributed by atoms with E-state index in [1.807, 2.05) is 0 Å². The predicted molar refractivity (Wildman–Crippen MR) is 113 cm³/mol. The van der Waals surface area contributed by atoms with Crippen molar-refractivity contribution in [3.05, 3.63) is 28.3 Å². The van der Waals surface area contributed by atoms with Crippen LogP contribution in [0.5, 0.6) is 0 Å². The zero-order valence-electron chi connectivity index (χ0n) is 16.0. The van der Waals surface area contributed by atoms with E-state index in [1.165, 1.54) is 27.8 Å². The number of hydrogen-bond donors (Lipinski definition) is 1. The summed E-state index contributed by atoms with van der Waals surface area (Å²) in [6.45, 7) is 2.30. The Hall–Kier alpha value is -1.80. The zero-order chi connectivity index (χ0) is 21.1. The van der Waals surface area contributed by atoms with Crippen LogP contribution in [0.25, 0.3) is 0 Å². The second kappa shape index (κ2) is 9.14. The summed E-state index contributed by atoms with van der Waals surface area (Å²) in [7, 11) is -3.72. The molecular weight excluding hydrogens is 450 g/mol. The van der Waals surface area contributed by atoms with Gasteiger partial charge in [-0.25, -0.2) is 8.42 Å². The number of benzene rings is 1. The molecule has 1 unspecified atom stereocenters. The molecule has 4 rings (SSSR count). The van der Waals surface area contributed by atoms with Crippen LogP contribution in [0, 0.1) is 10.1 Å². The summed E-state index contributed by atoms with van der Waals surface area (Å²) in [6.07, 6.45) is 3.82. The van der Waals surface area contributed by atoms with Gasteiger partial charge in [0.1, 0.15) is 0 Å². The Morgan fingerprint density at radius 2 is 2.10 bits per heavy atom. The van der Waals surface area contributed by atoms with E-state index in [4.69, 9.17) is 4.74 Å². The molecule has 1 aromatic heterocycles. The monoisotopic (exact) mass is 471 g/mol. The molecule has 10 nitrogen and oxygen atoms in total. The first-order valence-corrected chi connectivity index (χ1v) is 12.7. The van der Waals surface area contributed by atoms with E-state index in [9.17, 15) is 18.5 Å². The Bertz CT molecular complexity index is 1020. The molecule has 2 saturated heterocycles. The zero-order valence-corrected chi connectivity index (χ0v) is 18.5. The number of anilines is 1. The van der Waals surface area contributed by atoms with Crippen molar-refractivity contribution in [1.29, 1.82) is 0 Å². The van der Waals surface area contributed by atoms with Crippen LogP contribution in [-0.4, -0.2) is 60.2 Å². The lowest BCUT2D eigenvalue weighted by atomic mass is 10.2. The summed E-state index contributed by atoms with van der Waals surface area (Å²) in [6, 6.07) is 4.01. The minimum Gasteiger partial charge on any atom is -0.376 e. The quantitative estimate of drug-likeness (QED) is 0.456. The van der Waals surface area contributed by atoms with E-state index in [-0.39, 0.29) is 16.7 Å². The van der Waals surface area contributed by atoms with Crippen LogP contribution >= 0.6 is 23.1 Å². The minimum atomic E-state index is -3.72. The number of ether oxygens (including phenoxy) is 1. The first-order valence-electron chi connectivity index (χ1n) is 9.59. The predicted octanol–water partition coefficient (Wildman–Crippen LogP) is 2.97. The molecule has 2 aliphatic heterocycles. The highest BCUT2D eigenvalue weighted by atomic mass is 32.2. The number of nitrogens with one attached hydrogen (secondary N) is 1. The highest BCUT2D eigenvalue weighted by Crippen LogP contribution is 2.38. The number of nitro benzene ring substituents is 1. The molecule has 2 fully saturated rings. The van der Waals surface area contributed by atoms with E-state index >= 15 is 0 Å². The average molecular weight is 472 g/mol. The lowest BCUT2D eigenvalue weighted by molar-refractivity contribution is -0.388. The molecule has 162 valence electrons. The van der Waals surface area contributed by atoms with Gasteiger partial charge in [-0.3, -0.25) is 10.1 Å². The molecule has 30 heavy (non-hydrogen) atoms. The summed E-state index contributed by atoms with van der Waals surface area (Å²) >= 11 is 2.38. The van der Waals surface area contributed by atoms with Gasteiger partial charge < -0.3 is 10.1 Å². The van der Waals surface area contributed by atoms with Crippen molar-refractivity contribution in [2.24, 2.45) is 0 Å². The molecular formula is C17H21N5O5S3. The molecule has 13 heteroatoms. The molecule has 2 aromatic rings. The smallest absolute Gasteiger partial charge is 0.284 e. The molecule has 1 aromatic carbocycles. The number of sulfonamides is 1. The van der Waals surface area contributed by atoms with Gasteiger partial charge in [0.15, 0.2) is 4.34 Å². The van der Waals surface area contributed by atoms with Gasteiger partial charge in [0.2, 0.25) is 15.2 Å². The molecule has 0 amide bonds. The second-order valence-electron chi connectivity index (χ2n) is 6.99. The van der Waals surface area contributed by atoms with E-state index < -0.39 is 14.9 Å². The Kier molecular flexibility index (Phi) is 6.53. The van der Waals surface area contributed by atoms with Crippen LogP contribution in [0.2, 0.25) is 0 Å². The molecule has 0 aliphatic carbocycles. The van der Waals surface area contributed by atoms with Gasteiger partial charge in [0.05, 0.1) is 20.8 Å². The number of rotatable bonds is 8. The van der Waals surface area contributed by atoms with Crippen LogP contribution in [0.4, 0.5) is 10.8 Å². The van der Waals surface area contributed by atoms with Crippen LogP contribution in [0.1, 0.15) is 25.7 Å². The summed E-state index contributed by atoms with van der Waals surface area (Å²) in [4.78, 5) is 11.3. The van der Waals surface area contributed by atoms with Crippen LogP contribution in [-0.2, 0) is 14.8 Å². The van der Waals surface area contributed by atoms with Gasteiger partial charge in [-0.05, 0) is 49.6 Å². The molecule has 2 aliphatic rings. The van der Waals surface area contributed by atoms with Gasteiger partial charge in [0, 0.05) is 32.3 Å². The van der Waals surface area contributed by atoms with E-state index in [2.05, 4.69) is 15.5 Å². The van der Waals surface area contributed by atoms with E-state index in [1.54, 1.807) is 0 Å². The van der Waals surface area contributed by atoms with Crippen molar-refractivity contribution in [3.8, 4) is 0 Å². The van der Waals surface area contributed by atoms with Crippen LogP contribution in [0.3, 0.4) is 0 Å². The van der Waals surface area contributed by atoms with Crippen LogP contribution < -0.4 is 5.32 Å². The summed E-state index contributed by atoms with van der Waals surface area (Å²) in [5.41, 5.74) is -0.260. The molecule has 0 saturated carbocycles. The van der Waals surface area contributed by atoms with Crippen molar-refractivity contribution in [2.75, 3.05) is 31.6 Å².